The van der Waals surface area contributed by atoms with Crippen LogP contribution in [0.15, 0.2) is 18.2 Å². The van der Waals surface area contributed by atoms with E-state index in [1.165, 1.54) is 13.2 Å². The van der Waals surface area contributed by atoms with Gasteiger partial charge in [0.25, 0.3) is 10.1 Å². The molecule has 8 nitrogen and oxygen atoms in total. The number of aromatic nitrogens is 1. The first-order chi connectivity index (χ1) is 11.7. The first-order valence-electron chi connectivity index (χ1n) is 7.57. The van der Waals surface area contributed by atoms with Crippen molar-refractivity contribution in [2.45, 2.75) is 25.5 Å². The van der Waals surface area contributed by atoms with E-state index < -0.39 is 27.8 Å². The molecule has 0 atom stereocenters. The summed E-state index contributed by atoms with van der Waals surface area (Å²) in [5.74, 6) is -1.50. The number of aromatic amines is 1. The minimum absolute atomic E-state index is 0.0859. The molecule has 0 bridgehead atoms. The van der Waals surface area contributed by atoms with Gasteiger partial charge in [-0.1, -0.05) is 12.1 Å². The quantitative estimate of drug-likeness (QED) is 0.564. The molecule has 0 spiro atoms. The summed E-state index contributed by atoms with van der Waals surface area (Å²) in [5, 5.41) is 0.672. The number of H-pyrrole nitrogens is 1. The third kappa shape index (κ3) is 4.80. The second-order valence-electron chi connectivity index (χ2n) is 5.38. The average Bonchev–Trinajstić information content (AvgIpc) is 2.89. The highest BCUT2D eigenvalue weighted by molar-refractivity contribution is 7.85. The first kappa shape index (κ1) is 18.9. The molecule has 0 aliphatic carbocycles. The normalized spacial score (nSPS) is 11.5. The van der Waals surface area contributed by atoms with Gasteiger partial charge in [-0.15, -0.1) is 0 Å². The summed E-state index contributed by atoms with van der Waals surface area (Å²) < 4.78 is 40.7. The van der Waals surface area contributed by atoms with Gasteiger partial charge in [-0.25, -0.2) is 4.79 Å². The Balaban J connectivity index is 2.47. The first-order valence-corrected chi connectivity index (χ1v) is 9.18. The van der Waals surface area contributed by atoms with Crippen LogP contribution in [-0.4, -0.2) is 43.6 Å². The maximum atomic E-state index is 12.2. The summed E-state index contributed by atoms with van der Waals surface area (Å²) in [6.07, 6.45) is 0.348. The standard InChI is InChI=1S/C16H19NO7S/c1-3-24-16(19)15-12(6-7-14(18)23-2)11-5-4-10(8-13(11)17-15)9-25(20,21)22/h4-5,8,17H,3,6-7,9H2,1-2H3,(H,20,21,22). The van der Waals surface area contributed by atoms with Gasteiger partial charge in [0.05, 0.1) is 13.7 Å². The fraction of sp³-hybridized carbons (Fsp3) is 0.375. The fourth-order valence-corrected chi connectivity index (χ4v) is 3.17. The van der Waals surface area contributed by atoms with Gasteiger partial charge in [0.15, 0.2) is 0 Å². The average molecular weight is 369 g/mol. The number of hydrogen-bond donors (Lipinski definition) is 2. The molecule has 1 heterocycles. The minimum Gasteiger partial charge on any atom is -0.469 e. The molecule has 2 N–H and O–H groups in total. The number of esters is 2. The largest absolute Gasteiger partial charge is 0.469 e. The van der Waals surface area contributed by atoms with Crippen LogP contribution in [0.2, 0.25) is 0 Å². The predicted octanol–water partition coefficient (Wildman–Crippen LogP) is 1.84. The lowest BCUT2D eigenvalue weighted by Gasteiger charge is -2.04. The number of hydrogen-bond acceptors (Lipinski definition) is 6. The van der Waals surface area contributed by atoms with Gasteiger partial charge in [-0.05, 0) is 30.5 Å². The lowest BCUT2D eigenvalue weighted by atomic mass is 10.0. The zero-order chi connectivity index (χ0) is 18.6. The monoisotopic (exact) mass is 369 g/mol. The Labute approximate surface area is 144 Å². The molecule has 136 valence electrons. The van der Waals surface area contributed by atoms with Crippen LogP contribution in [0.1, 0.15) is 35.0 Å². The van der Waals surface area contributed by atoms with Crippen molar-refractivity contribution in [1.82, 2.24) is 4.98 Å². The topological polar surface area (TPSA) is 123 Å². The summed E-state index contributed by atoms with van der Waals surface area (Å²) in [6, 6.07) is 4.72. The van der Waals surface area contributed by atoms with Gasteiger partial charge in [0, 0.05) is 17.3 Å². The molecule has 0 fully saturated rings. The van der Waals surface area contributed by atoms with Crippen LogP contribution in [0.4, 0.5) is 0 Å². The van der Waals surface area contributed by atoms with Crippen LogP contribution in [0.3, 0.4) is 0 Å². The number of ether oxygens (including phenoxy) is 2. The molecular weight excluding hydrogens is 350 g/mol. The van der Waals surface area contributed by atoms with E-state index in [4.69, 9.17) is 9.29 Å². The maximum Gasteiger partial charge on any atom is 0.355 e. The van der Waals surface area contributed by atoms with Crippen molar-refractivity contribution >= 4 is 33.0 Å². The molecule has 25 heavy (non-hydrogen) atoms. The molecule has 1 aromatic heterocycles. The van der Waals surface area contributed by atoms with Gasteiger partial charge in [0.2, 0.25) is 0 Å². The van der Waals surface area contributed by atoms with Crippen molar-refractivity contribution < 1.29 is 32.0 Å². The van der Waals surface area contributed by atoms with E-state index in [-0.39, 0.29) is 25.1 Å². The van der Waals surface area contributed by atoms with E-state index in [0.29, 0.717) is 22.0 Å². The third-order valence-corrected chi connectivity index (χ3v) is 4.30. The molecule has 0 radical (unpaired) electrons. The molecule has 0 amide bonds. The lowest BCUT2D eigenvalue weighted by molar-refractivity contribution is -0.140. The van der Waals surface area contributed by atoms with Crippen LogP contribution in [0.25, 0.3) is 10.9 Å². The summed E-state index contributed by atoms with van der Waals surface area (Å²) in [4.78, 5) is 26.5. The number of carbonyl (C=O) groups is 2. The smallest absolute Gasteiger partial charge is 0.355 e. The Morgan fingerprint density at radius 1 is 1.28 bits per heavy atom. The molecule has 9 heteroatoms. The van der Waals surface area contributed by atoms with Gasteiger partial charge in [-0.2, -0.15) is 8.42 Å². The highest BCUT2D eigenvalue weighted by atomic mass is 32.2. The number of benzene rings is 1. The van der Waals surface area contributed by atoms with E-state index in [9.17, 15) is 18.0 Å². The second kappa shape index (κ2) is 7.66. The minimum atomic E-state index is -4.17. The molecule has 0 unspecified atom stereocenters. The van der Waals surface area contributed by atoms with E-state index >= 15 is 0 Å². The van der Waals surface area contributed by atoms with Gasteiger partial charge in [0.1, 0.15) is 11.4 Å². The Bertz CT molecular complexity index is 899. The SMILES string of the molecule is CCOC(=O)c1[nH]c2cc(CS(=O)(=O)O)ccc2c1CCC(=O)OC. The summed E-state index contributed by atoms with van der Waals surface area (Å²) in [7, 11) is -2.88. The summed E-state index contributed by atoms with van der Waals surface area (Å²) in [5.41, 5.74) is 1.69. The number of nitrogens with one attached hydrogen (secondary N) is 1. The molecule has 0 aliphatic rings. The van der Waals surface area contributed by atoms with Gasteiger partial charge < -0.3 is 14.5 Å². The van der Waals surface area contributed by atoms with Crippen molar-refractivity contribution in [1.29, 1.82) is 0 Å². The fourth-order valence-electron chi connectivity index (χ4n) is 2.57. The molecule has 2 rings (SSSR count). The molecule has 1 aromatic carbocycles. The number of aryl methyl sites for hydroxylation is 1. The van der Waals surface area contributed by atoms with Crippen LogP contribution >= 0.6 is 0 Å². The number of methoxy groups -OCH3 is 1. The van der Waals surface area contributed by atoms with Gasteiger partial charge >= 0.3 is 11.9 Å². The predicted molar refractivity (Wildman–Crippen MR) is 89.8 cm³/mol. The van der Waals surface area contributed by atoms with Crippen LogP contribution in [-0.2, 0) is 36.6 Å². The second-order valence-corrected chi connectivity index (χ2v) is 6.83. The third-order valence-electron chi connectivity index (χ3n) is 3.61. The summed E-state index contributed by atoms with van der Waals surface area (Å²) >= 11 is 0. The number of carbonyl (C=O) groups excluding carboxylic acids is 2. The maximum absolute atomic E-state index is 12.2. The van der Waals surface area contributed by atoms with E-state index in [0.717, 1.165) is 0 Å². The van der Waals surface area contributed by atoms with Crippen LogP contribution in [0.5, 0.6) is 0 Å². The van der Waals surface area contributed by atoms with Crippen molar-refractivity contribution in [2.24, 2.45) is 0 Å². The zero-order valence-corrected chi connectivity index (χ0v) is 14.7. The zero-order valence-electron chi connectivity index (χ0n) is 13.9. The molecule has 0 saturated carbocycles. The molecule has 2 aromatic rings. The highest BCUT2D eigenvalue weighted by Gasteiger charge is 2.20. The highest BCUT2D eigenvalue weighted by Crippen LogP contribution is 2.26. The Hall–Kier alpha value is -2.39. The van der Waals surface area contributed by atoms with Crippen molar-refractivity contribution in [3.63, 3.8) is 0 Å². The lowest BCUT2D eigenvalue weighted by Crippen LogP contribution is -2.09. The van der Waals surface area contributed by atoms with E-state index in [1.807, 2.05) is 0 Å². The summed E-state index contributed by atoms with van der Waals surface area (Å²) in [6.45, 7) is 1.87. The van der Waals surface area contributed by atoms with Crippen LogP contribution < -0.4 is 0 Å². The molecular formula is C16H19NO7S. The van der Waals surface area contributed by atoms with Crippen molar-refractivity contribution in [3.8, 4) is 0 Å². The van der Waals surface area contributed by atoms with Crippen molar-refractivity contribution in [3.05, 3.63) is 35.0 Å². The Morgan fingerprint density at radius 3 is 2.60 bits per heavy atom. The van der Waals surface area contributed by atoms with Crippen LogP contribution in [0, 0.1) is 0 Å². The Kier molecular flexibility index (Phi) is 5.81. The van der Waals surface area contributed by atoms with E-state index in [1.54, 1.807) is 19.1 Å². The molecule has 0 saturated heterocycles. The number of fused-ring (bicyclic) bond motifs is 1. The van der Waals surface area contributed by atoms with E-state index in [2.05, 4.69) is 9.72 Å². The van der Waals surface area contributed by atoms with Gasteiger partial charge in [-0.3, -0.25) is 9.35 Å². The number of rotatable bonds is 7. The Morgan fingerprint density at radius 2 is 2.00 bits per heavy atom. The molecule has 0 aliphatic heterocycles. The van der Waals surface area contributed by atoms with Crippen molar-refractivity contribution in [2.75, 3.05) is 13.7 Å².